The molecule has 0 heterocycles. The summed E-state index contributed by atoms with van der Waals surface area (Å²) in [5.74, 6) is -1.16. The van der Waals surface area contributed by atoms with Gasteiger partial charge in [0.2, 0.25) is 0 Å². The van der Waals surface area contributed by atoms with E-state index in [9.17, 15) is 22.8 Å². The Hall–Kier alpha value is -1.55. The van der Waals surface area contributed by atoms with Crippen LogP contribution in [0.15, 0.2) is 0 Å². The van der Waals surface area contributed by atoms with Crippen molar-refractivity contribution in [3.8, 4) is 0 Å². The number of aliphatic hydroxyl groups excluding tert-OH is 1. The molecule has 20 heavy (non-hydrogen) atoms. The molecule has 0 rings (SSSR count). The van der Waals surface area contributed by atoms with E-state index in [-0.39, 0.29) is 6.54 Å². The van der Waals surface area contributed by atoms with Gasteiger partial charge in [-0.25, -0.2) is 4.79 Å². The summed E-state index contributed by atoms with van der Waals surface area (Å²) in [6.45, 7) is -2.86. The number of hydrogen-bond acceptors (Lipinski definition) is 4. The second-order valence-electron chi connectivity index (χ2n) is 3.90. The molecule has 0 saturated heterocycles. The van der Waals surface area contributed by atoms with Crippen LogP contribution in [0.3, 0.4) is 0 Å². The largest absolute Gasteiger partial charge is 0.481 e. The number of rotatable bonds is 8. The number of ether oxygens (including phenoxy) is 1. The lowest BCUT2D eigenvalue weighted by molar-refractivity contribution is -0.140. The summed E-state index contributed by atoms with van der Waals surface area (Å²) >= 11 is 0. The van der Waals surface area contributed by atoms with Crippen molar-refractivity contribution < 1.29 is 37.7 Å². The number of aliphatic carboxylic acids is 1. The molecule has 0 aromatic rings. The van der Waals surface area contributed by atoms with Crippen LogP contribution in [0.5, 0.6) is 0 Å². The molecule has 0 aliphatic heterocycles. The average molecular weight is 302 g/mol. The van der Waals surface area contributed by atoms with Crippen LogP contribution < -0.4 is 5.32 Å². The van der Waals surface area contributed by atoms with Gasteiger partial charge < -0.3 is 25.2 Å². The number of carboxylic acid groups (broad SMARTS) is 1. The van der Waals surface area contributed by atoms with Crippen LogP contribution in [-0.2, 0) is 9.53 Å². The van der Waals surface area contributed by atoms with Crippen LogP contribution >= 0.6 is 0 Å². The maximum atomic E-state index is 12.2. The number of urea groups is 1. The van der Waals surface area contributed by atoms with E-state index < -0.39 is 50.4 Å². The van der Waals surface area contributed by atoms with Crippen molar-refractivity contribution in [1.82, 2.24) is 10.2 Å². The van der Waals surface area contributed by atoms with Gasteiger partial charge in [-0.2, -0.15) is 13.2 Å². The molecule has 0 aromatic heterocycles. The molecule has 3 N–H and O–H groups in total. The molecule has 0 bridgehead atoms. The monoisotopic (exact) mass is 302 g/mol. The Bertz CT molecular complexity index is 325. The minimum Gasteiger partial charge on any atom is -0.481 e. The van der Waals surface area contributed by atoms with Gasteiger partial charge in [0.1, 0.15) is 6.54 Å². The van der Waals surface area contributed by atoms with Gasteiger partial charge in [-0.15, -0.1) is 0 Å². The lowest BCUT2D eigenvalue weighted by atomic mass is 10.2. The van der Waals surface area contributed by atoms with Gasteiger partial charge in [-0.05, 0) is 0 Å². The average Bonchev–Trinajstić information content (AvgIpc) is 2.31. The van der Waals surface area contributed by atoms with Crippen molar-refractivity contribution in [2.24, 2.45) is 0 Å². The summed E-state index contributed by atoms with van der Waals surface area (Å²) in [5, 5.41) is 19.3. The SMILES string of the molecule is COC(CNC(=O)N(CCO)CC(F)(F)F)CC(=O)O. The van der Waals surface area contributed by atoms with Crippen molar-refractivity contribution >= 4 is 12.0 Å². The van der Waals surface area contributed by atoms with Crippen LogP contribution in [0.25, 0.3) is 0 Å². The zero-order chi connectivity index (χ0) is 15.8. The highest BCUT2D eigenvalue weighted by Crippen LogP contribution is 2.16. The molecule has 2 amide bonds. The third-order valence-electron chi connectivity index (χ3n) is 2.24. The molecule has 0 spiro atoms. The first kappa shape index (κ1) is 18.4. The number of carbonyl (C=O) groups excluding carboxylic acids is 1. The van der Waals surface area contributed by atoms with Crippen molar-refractivity contribution in [1.29, 1.82) is 0 Å². The molecule has 1 unspecified atom stereocenters. The number of halogens is 3. The lowest BCUT2D eigenvalue weighted by Gasteiger charge is -2.24. The Morgan fingerprint density at radius 1 is 1.40 bits per heavy atom. The Morgan fingerprint density at radius 3 is 2.40 bits per heavy atom. The molecule has 0 aliphatic carbocycles. The first-order valence-corrected chi connectivity index (χ1v) is 5.64. The minimum atomic E-state index is -4.59. The van der Waals surface area contributed by atoms with E-state index in [1.165, 1.54) is 7.11 Å². The molecule has 0 radical (unpaired) electrons. The van der Waals surface area contributed by atoms with Gasteiger partial charge in [0.05, 0.1) is 19.1 Å². The number of carboxylic acids is 1. The van der Waals surface area contributed by atoms with Gasteiger partial charge in [-0.3, -0.25) is 4.79 Å². The molecule has 0 fully saturated rings. The van der Waals surface area contributed by atoms with Crippen LogP contribution in [0.2, 0.25) is 0 Å². The summed E-state index contributed by atoms with van der Waals surface area (Å²) in [4.78, 5) is 22.4. The van der Waals surface area contributed by atoms with Crippen LogP contribution in [-0.4, -0.2) is 72.7 Å². The standard InChI is InChI=1S/C10H17F3N2O5/c1-20-7(4-8(17)18)5-14-9(19)15(2-3-16)6-10(11,12)13/h7,16H,2-6H2,1H3,(H,14,19)(H,17,18). The summed E-state index contributed by atoms with van der Waals surface area (Å²) in [6, 6.07) is -1.05. The van der Waals surface area contributed by atoms with Crippen molar-refractivity contribution in [3.63, 3.8) is 0 Å². The van der Waals surface area contributed by atoms with Gasteiger partial charge >= 0.3 is 18.2 Å². The van der Waals surface area contributed by atoms with Crippen molar-refractivity contribution in [2.45, 2.75) is 18.7 Å². The zero-order valence-corrected chi connectivity index (χ0v) is 10.8. The Balaban J connectivity index is 4.41. The minimum absolute atomic E-state index is 0.249. The highest BCUT2D eigenvalue weighted by Gasteiger charge is 2.32. The second-order valence-corrected chi connectivity index (χ2v) is 3.90. The number of carbonyl (C=O) groups is 2. The Labute approximate surface area is 113 Å². The topological polar surface area (TPSA) is 99.1 Å². The Morgan fingerprint density at radius 2 is 2.00 bits per heavy atom. The fourth-order valence-electron chi connectivity index (χ4n) is 1.34. The summed E-state index contributed by atoms with van der Waals surface area (Å²) in [7, 11) is 1.22. The zero-order valence-electron chi connectivity index (χ0n) is 10.8. The van der Waals surface area contributed by atoms with Gasteiger partial charge in [0.25, 0.3) is 0 Å². The van der Waals surface area contributed by atoms with E-state index in [2.05, 4.69) is 5.32 Å². The molecule has 1 atom stereocenters. The van der Waals surface area contributed by atoms with Crippen molar-refractivity contribution in [2.75, 3.05) is 33.4 Å². The van der Waals surface area contributed by atoms with Crippen LogP contribution in [0.1, 0.15) is 6.42 Å². The number of hydrogen-bond donors (Lipinski definition) is 3. The van der Waals surface area contributed by atoms with Gasteiger partial charge in [0.15, 0.2) is 0 Å². The summed E-state index contributed by atoms with van der Waals surface area (Å²) in [6.07, 6.45) is -5.83. The van der Waals surface area contributed by atoms with E-state index in [1.807, 2.05) is 0 Å². The van der Waals surface area contributed by atoms with E-state index in [4.69, 9.17) is 14.9 Å². The second kappa shape index (κ2) is 8.59. The first-order valence-electron chi connectivity index (χ1n) is 5.64. The third kappa shape index (κ3) is 8.53. The molecule has 0 aliphatic rings. The fraction of sp³-hybridized carbons (Fsp3) is 0.800. The lowest BCUT2D eigenvalue weighted by Crippen LogP contribution is -2.48. The normalized spacial score (nSPS) is 12.8. The number of aliphatic hydroxyl groups is 1. The van der Waals surface area contributed by atoms with Crippen LogP contribution in [0, 0.1) is 0 Å². The predicted molar refractivity (Wildman–Crippen MR) is 61.2 cm³/mol. The number of nitrogens with one attached hydrogen (secondary N) is 1. The van der Waals surface area contributed by atoms with E-state index in [1.54, 1.807) is 0 Å². The van der Waals surface area contributed by atoms with Gasteiger partial charge in [-0.1, -0.05) is 0 Å². The highest BCUT2D eigenvalue weighted by atomic mass is 19.4. The summed E-state index contributed by atoms with van der Waals surface area (Å²) in [5.41, 5.74) is 0. The summed E-state index contributed by atoms with van der Waals surface area (Å²) < 4.78 is 41.4. The molecule has 0 saturated carbocycles. The van der Waals surface area contributed by atoms with Gasteiger partial charge in [0, 0.05) is 20.2 Å². The highest BCUT2D eigenvalue weighted by molar-refractivity contribution is 5.74. The van der Waals surface area contributed by atoms with Crippen molar-refractivity contribution in [3.05, 3.63) is 0 Å². The maximum absolute atomic E-state index is 12.2. The fourth-order valence-corrected chi connectivity index (χ4v) is 1.34. The predicted octanol–water partition coefficient (Wildman–Crippen LogP) is 0.0423. The first-order chi connectivity index (χ1) is 9.19. The molecule has 10 heteroatoms. The number of methoxy groups -OCH3 is 1. The molecular weight excluding hydrogens is 285 g/mol. The number of alkyl halides is 3. The quantitative estimate of drug-likeness (QED) is 0.588. The van der Waals surface area contributed by atoms with Crippen LogP contribution in [0.4, 0.5) is 18.0 Å². The Kier molecular flexibility index (Phi) is 7.92. The van der Waals surface area contributed by atoms with E-state index in [0.29, 0.717) is 4.90 Å². The smallest absolute Gasteiger partial charge is 0.406 e. The molecule has 118 valence electrons. The number of amides is 2. The van der Waals surface area contributed by atoms with E-state index >= 15 is 0 Å². The molecular formula is C10H17F3N2O5. The molecule has 7 nitrogen and oxygen atoms in total. The third-order valence-corrected chi connectivity index (χ3v) is 2.24. The molecule has 0 aromatic carbocycles. The number of nitrogens with zero attached hydrogens (tertiary/aromatic N) is 1. The maximum Gasteiger partial charge on any atom is 0.406 e. The van der Waals surface area contributed by atoms with E-state index in [0.717, 1.165) is 0 Å².